The Bertz CT molecular complexity index is 793. The molecule has 0 spiro atoms. The highest BCUT2D eigenvalue weighted by molar-refractivity contribution is 5.97. The van der Waals surface area contributed by atoms with Crippen LogP contribution in [0.25, 0.3) is 0 Å². The lowest BCUT2D eigenvalue weighted by atomic mass is 10.0. The van der Waals surface area contributed by atoms with Gasteiger partial charge in [-0.25, -0.2) is 4.79 Å². The van der Waals surface area contributed by atoms with Crippen LogP contribution < -0.4 is 14.8 Å². The van der Waals surface area contributed by atoms with E-state index in [1.54, 1.807) is 30.6 Å². The largest absolute Gasteiger partial charge is 0.490 e. The van der Waals surface area contributed by atoms with Crippen molar-refractivity contribution in [1.29, 1.82) is 0 Å². The Morgan fingerprint density at radius 3 is 2.57 bits per heavy atom. The normalized spacial score (nSPS) is 11.7. The fourth-order valence-electron chi connectivity index (χ4n) is 2.62. The van der Waals surface area contributed by atoms with Gasteiger partial charge < -0.3 is 19.9 Å². The zero-order valence-corrected chi connectivity index (χ0v) is 16.3. The van der Waals surface area contributed by atoms with Crippen molar-refractivity contribution in [3.8, 4) is 11.5 Å². The van der Waals surface area contributed by atoms with Crippen LogP contribution in [0.15, 0.2) is 42.7 Å². The first-order valence-electron chi connectivity index (χ1n) is 9.23. The molecule has 1 atom stereocenters. The maximum absolute atomic E-state index is 12.5. The molecule has 1 aromatic carbocycles. The second-order valence-electron chi connectivity index (χ2n) is 6.74. The van der Waals surface area contributed by atoms with Gasteiger partial charge in [0, 0.05) is 23.5 Å². The van der Waals surface area contributed by atoms with E-state index in [2.05, 4.69) is 10.3 Å². The number of ether oxygens (including phenoxy) is 2. The number of nitrogens with zero attached hydrogens (tertiary/aromatic N) is 1. The molecule has 2 rings (SSSR count). The predicted molar refractivity (Wildman–Crippen MR) is 105 cm³/mol. The molecule has 0 bridgehead atoms. The Balaban J connectivity index is 2.13. The van der Waals surface area contributed by atoms with Gasteiger partial charge in [0.1, 0.15) is 12.6 Å². The van der Waals surface area contributed by atoms with Gasteiger partial charge in [-0.15, -0.1) is 0 Å². The first-order valence-corrected chi connectivity index (χ1v) is 9.23. The van der Waals surface area contributed by atoms with E-state index < -0.39 is 17.9 Å². The molecule has 0 radical (unpaired) electrons. The Hall–Kier alpha value is -3.09. The van der Waals surface area contributed by atoms with Gasteiger partial charge in [0.05, 0.1) is 6.61 Å². The Kier molecular flexibility index (Phi) is 7.80. The van der Waals surface area contributed by atoms with E-state index in [1.807, 2.05) is 32.9 Å². The van der Waals surface area contributed by atoms with Crippen LogP contribution in [0.4, 0.5) is 0 Å². The molecule has 1 amide bonds. The maximum atomic E-state index is 12.5. The van der Waals surface area contributed by atoms with Crippen molar-refractivity contribution < 1.29 is 24.2 Å². The summed E-state index contributed by atoms with van der Waals surface area (Å²) in [4.78, 5) is 27.9. The number of hydrogen-bond acceptors (Lipinski definition) is 5. The monoisotopic (exact) mass is 386 g/mol. The molecule has 150 valence electrons. The second kappa shape index (κ2) is 10.3. The van der Waals surface area contributed by atoms with Gasteiger partial charge in [-0.2, -0.15) is 0 Å². The summed E-state index contributed by atoms with van der Waals surface area (Å²) >= 11 is 0. The van der Waals surface area contributed by atoms with Crippen LogP contribution in [0.1, 0.15) is 43.1 Å². The molecule has 0 aliphatic rings. The quantitative estimate of drug-likeness (QED) is 0.650. The van der Waals surface area contributed by atoms with Crippen LogP contribution in [0.3, 0.4) is 0 Å². The molecule has 28 heavy (non-hydrogen) atoms. The minimum absolute atomic E-state index is 0.142. The van der Waals surface area contributed by atoms with Crippen LogP contribution in [0.5, 0.6) is 11.5 Å². The zero-order valence-electron chi connectivity index (χ0n) is 16.3. The van der Waals surface area contributed by atoms with E-state index in [4.69, 9.17) is 9.47 Å². The van der Waals surface area contributed by atoms with Crippen molar-refractivity contribution in [3.05, 3.63) is 53.9 Å². The number of aliphatic carboxylic acids is 1. The first-order chi connectivity index (χ1) is 13.4. The Labute approximate surface area is 164 Å². The number of pyridine rings is 1. The first kappa shape index (κ1) is 21.2. The van der Waals surface area contributed by atoms with Gasteiger partial charge >= 0.3 is 5.97 Å². The number of carbonyl (C=O) groups excluding carboxylic acids is 1. The van der Waals surface area contributed by atoms with Crippen molar-refractivity contribution in [2.45, 2.75) is 39.8 Å². The van der Waals surface area contributed by atoms with E-state index in [0.29, 0.717) is 36.7 Å². The standard InChI is InChI=1S/C21H26N2O5/c1-4-27-19-11-16(20(24)23-17(21(25)26)10-14(2)3)7-8-18(19)28-13-15-6-5-9-22-12-15/h5-9,11-12,14,17H,4,10,13H2,1-3H3,(H,23,24)(H,25,26)/t17-/m1/s1. The van der Waals surface area contributed by atoms with Crippen LogP contribution in [-0.4, -0.2) is 34.6 Å². The summed E-state index contributed by atoms with van der Waals surface area (Å²) in [6.45, 7) is 6.36. The Morgan fingerprint density at radius 1 is 1.18 bits per heavy atom. The van der Waals surface area contributed by atoms with Gasteiger partial charge in [0.15, 0.2) is 11.5 Å². The van der Waals surface area contributed by atoms with E-state index in [9.17, 15) is 14.7 Å². The third kappa shape index (κ3) is 6.26. The van der Waals surface area contributed by atoms with E-state index in [0.717, 1.165) is 5.56 Å². The third-order valence-electron chi connectivity index (χ3n) is 3.93. The van der Waals surface area contributed by atoms with Crippen molar-refractivity contribution in [2.24, 2.45) is 5.92 Å². The van der Waals surface area contributed by atoms with Crippen molar-refractivity contribution in [1.82, 2.24) is 10.3 Å². The highest BCUT2D eigenvalue weighted by atomic mass is 16.5. The summed E-state index contributed by atoms with van der Waals surface area (Å²) in [7, 11) is 0. The Morgan fingerprint density at radius 2 is 1.96 bits per heavy atom. The van der Waals surface area contributed by atoms with Gasteiger partial charge in [-0.3, -0.25) is 9.78 Å². The van der Waals surface area contributed by atoms with Gasteiger partial charge in [-0.05, 0) is 43.5 Å². The number of benzene rings is 1. The molecule has 0 aliphatic heterocycles. The van der Waals surface area contributed by atoms with Gasteiger partial charge in [0.2, 0.25) is 0 Å². The number of aromatic nitrogens is 1. The number of carbonyl (C=O) groups is 2. The molecule has 0 fully saturated rings. The highest BCUT2D eigenvalue weighted by Gasteiger charge is 2.22. The third-order valence-corrected chi connectivity index (χ3v) is 3.93. The minimum atomic E-state index is -1.05. The molecule has 1 aromatic heterocycles. The highest BCUT2D eigenvalue weighted by Crippen LogP contribution is 2.29. The van der Waals surface area contributed by atoms with E-state index >= 15 is 0 Å². The summed E-state index contributed by atoms with van der Waals surface area (Å²) < 4.78 is 11.4. The molecule has 0 unspecified atom stereocenters. The zero-order chi connectivity index (χ0) is 20.5. The van der Waals surface area contributed by atoms with Crippen molar-refractivity contribution in [3.63, 3.8) is 0 Å². The number of carboxylic acids is 1. The number of hydrogen-bond donors (Lipinski definition) is 2. The van der Waals surface area contributed by atoms with Gasteiger partial charge in [-0.1, -0.05) is 19.9 Å². The van der Waals surface area contributed by atoms with E-state index in [1.165, 1.54) is 0 Å². The second-order valence-corrected chi connectivity index (χ2v) is 6.74. The number of amides is 1. The molecule has 1 heterocycles. The van der Waals surface area contributed by atoms with Crippen molar-refractivity contribution in [2.75, 3.05) is 6.61 Å². The smallest absolute Gasteiger partial charge is 0.326 e. The minimum Gasteiger partial charge on any atom is -0.490 e. The molecule has 0 saturated heterocycles. The molecular weight excluding hydrogens is 360 g/mol. The lowest BCUT2D eigenvalue weighted by Gasteiger charge is -2.17. The predicted octanol–water partition coefficient (Wildman–Crippen LogP) is 3.29. The number of carboxylic acid groups (broad SMARTS) is 1. The molecule has 0 aliphatic carbocycles. The molecule has 7 nitrogen and oxygen atoms in total. The lowest BCUT2D eigenvalue weighted by molar-refractivity contribution is -0.139. The lowest BCUT2D eigenvalue weighted by Crippen LogP contribution is -2.41. The average molecular weight is 386 g/mol. The van der Waals surface area contributed by atoms with Crippen LogP contribution in [0, 0.1) is 5.92 Å². The number of rotatable bonds is 10. The number of nitrogens with one attached hydrogen (secondary N) is 1. The molecule has 2 aromatic rings. The van der Waals surface area contributed by atoms with Crippen LogP contribution in [0.2, 0.25) is 0 Å². The summed E-state index contributed by atoms with van der Waals surface area (Å²) in [5.74, 6) is -0.450. The summed E-state index contributed by atoms with van der Waals surface area (Å²) in [5.41, 5.74) is 1.22. The van der Waals surface area contributed by atoms with Gasteiger partial charge in [0.25, 0.3) is 5.91 Å². The summed E-state index contributed by atoms with van der Waals surface area (Å²) in [6, 6.07) is 7.58. The topological polar surface area (TPSA) is 97.8 Å². The SMILES string of the molecule is CCOc1cc(C(=O)N[C@H](CC(C)C)C(=O)O)ccc1OCc1cccnc1. The van der Waals surface area contributed by atoms with Crippen molar-refractivity contribution >= 4 is 11.9 Å². The molecule has 7 heteroatoms. The van der Waals surface area contributed by atoms with Crippen LogP contribution >= 0.6 is 0 Å². The van der Waals surface area contributed by atoms with Crippen LogP contribution in [-0.2, 0) is 11.4 Å². The average Bonchev–Trinajstić information content (AvgIpc) is 2.67. The fraction of sp³-hybridized carbons (Fsp3) is 0.381. The summed E-state index contributed by atoms with van der Waals surface area (Å²) in [5, 5.41) is 11.9. The molecular formula is C21H26N2O5. The maximum Gasteiger partial charge on any atom is 0.326 e. The fourth-order valence-corrected chi connectivity index (χ4v) is 2.62. The van der Waals surface area contributed by atoms with E-state index in [-0.39, 0.29) is 5.92 Å². The molecule has 2 N–H and O–H groups in total. The molecule has 0 saturated carbocycles. The summed E-state index contributed by atoms with van der Waals surface area (Å²) in [6.07, 6.45) is 3.75.